The zero-order valence-corrected chi connectivity index (χ0v) is 45.2. The lowest BCUT2D eigenvalue weighted by Crippen LogP contribution is -2.59. The van der Waals surface area contributed by atoms with Crippen molar-refractivity contribution in [3.8, 4) is 22.3 Å². The standard InChI is InChI=1S/C54H64F3N9O8S2/c1-32(34-8-10-35(11-9-34)46-33(2)59-31-76-46)60-48(69)44-23-39(67)25-64(44)49(70)47(52(3,4)5)61-45(68)29-63-19-20-72-41(27-63)26-62-18-21-73-42(28-62)30-74-40-16-14-37(15-17-40)66-51(75)65(50(71)53(66,6)7)38-13-12-36(24-58)43(22-38)54(55,56)57/h8-17,22,31-32,39,41-42,44,47,67H,18-21,23,25-30H2,1-7H3,(H,60,69)(H,61,68)/t32-,39+,41-,42+,44?,47+/m0/s1. The van der Waals surface area contributed by atoms with Crippen molar-refractivity contribution in [2.24, 2.45) is 5.41 Å². The number of halogens is 3. The summed E-state index contributed by atoms with van der Waals surface area (Å²) in [4.78, 5) is 69.3. The van der Waals surface area contributed by atoms with E-state index in [0.717, 1.165) is 38.7 Å². The molecule has 3 N–H and O–H groups in total. The number of carbonyl (C=O) groups excluding carboxylic acids is 4. The van der Waals surface area contributed by atoms with Gasteiger partial charge < -0.3 is 39.8 Å². The van der Waals surface area contributed by atoms with Crippen LogP contribution in [-0.4, -0.2) is 155 Å². The van der Waals surface area contributed by atoms with Gasteiger partial charge in [-0.2, -0.15) is 18.4 Å². The van der Waals surface area contributed by atoms with Crippen LogP contribution in [0.1, 0.15) is 76.4 Å². The summed E-state index contributed by atoms with van der Waals surface area (Å²) in [7, 11) is 0. The predicted octanol–water partition coefficient (Wildman–Crippen LogP) is 6.08. The number of morpholine rings is 2. The van der Waals surface area contributed by atoms with Crippen molar-refractivity contribution in [2.45, 2.75) is 103 Å². The van der Waals surface area contributed by atoms with Crippen LogP contribution in [-0.2, 0) is 34.8 Å². The summed E-state index contributed by atoms with van der Waals surface area (Å²) >= 11 is 7.25. The number of aliphatic hydroxyl groups excluding tert-OH is 1. The Morgan fingerprint density at radius 1 is 0.961 bits per heavy atom. The number of β-amino-alcohol motifs (C(OH)–C–C–N with tert-alkyl or cyclic N) is 1. The molecular weight excluding hydrogens is 1020 g/mol. The Kier molecular flexibility index (Phi) is 16.9. The molecule has 0 aliphatic carbocycles. The van der Waals surface area contributed by atoms with Crippen LogP contribution in [0, 0.1) is 23.7 Å². The number of thiocarbonyl (C=S) groups is 1. The average Bonchev–Trinajstić information content (AvgIpc) is 4.07. The summed E-state index contributed by atoms with van der Waals surface area (Å²) in [5.74, 6) is -1.17. The summed E-state index contributed by atoms with van der Waals surface area (Å²) in [6.45, 7) is 16.5. The van der Waals surface area contributed by atoms with E-state index in [-0.39, 0.29) is 67.0 Å². The lowest BCUT2D eigenvalue weighted by atomic mass is 9.85. The molecule has 76 heavy (non-hydrogen) atoms. The van der Waals surface area contributed by atoms with E-state index in [1.807, 2.05) is 69.3 Å². The number of hydrogen-bond acceptors (Lipinski definition) is 14. The van der Waals surface area contributed by atoms with Crippen LogP contribution < -0.4 is 25.2 Å². The number of thiazole rings is 1. The van der Waals surface area contributed by atoms with E-state index in [1.54, 1.807) is 60.4 Å². The lowest BCUT2D eigenvalue weighted by molar-refractivity contribution is -0.144. The molecule has 22 heteroatoms. The first-order valence-electron chi connectivity index (χ1n) is 25.2. The van der Waals surface area contributed by atoms with Crippen LogP contribution in [0.25, 0.3) is 10.4 Å². The Bertz CT molecular complexity index is 2840. The number of aliphatic hydroxyl groups is 1. The first-order valence-corrected chi connectivity index (χ1v) is 26.5. The first kappa shape index (κ1) is 56.2. The molecule has 0 saturated carbocycles. The topological polar surface area (TPSA) is 193 Å². The van der Waals surface area contributed by atoms with Gasteiger partial charge in [-0.1, -0.05) is 45.0 Å². The third-order valence-corrected chi connectivity index (χ3v) is 15.6. The average molecular weight is 1090 g/mol. The number of nitrogens with one attached hydrogen (secondary N) is 2. The molecule has 4 aromatic rings. The molecule has 8 rings (SSSR count). The van der Waals surface area contributed by atoms with E-state index >= 15 is 0 Å². The molecule has 0 spiro atoms. The second-order valence-electron chi connectivity index (χ2n) is 21.3. The highest BCUT2D eigenvalue weighted by Gasteiger charge is 2.51. The molecule has 4 aliphatic rings. The minimum atomic E-state index is -4.82. The van der Waals surface area contributed by atoms with E-state index in [1.165, 1.54) is 11.0 Å². The number of aryl methyl sites for hydroxylation is 1. The molecule has 1 aromatic heterocycles. The molecule has 4 aliphatic heterocycles. The van der Waals surface area contributed by atoms with Gasteiger partial charge in [-0.05, 0) is 98.9 Å². The van der Waals surface area contributed by atoms with Crippen molar-refractivity contribution >= 4 is 63.7 Å². The number of alkyl halides is 3. The molecular formula is C54H64F3N9O8S2. The summed E-state index contributed by atoms with van der Waals surface area (Å²) in [6, 6.07) is 17.1. The zero-order chi connectivity index (χ0) is 54.9. The van der Waals surface area contributed by atoms with Crippen LogP contribution in [0.15, 0.2) is 72.2 Å². The highest BCUT2D eigenvalue weighted by Crippen LogP contribution is 2.40. The van der Waals surface area contributed by atoms with Crippen LogP contribution in [0.2, 0.25) is 0 Å². The molecule has 0 radical (unpaired) electrons. The van der Waals surface area contributed by atoms with Crippen molar-refractivity contribution < 1.29 is 51.7 Å². The molecule has 0 bridgehead atoms. The number of hydrogen-bond donors (Lipinski definition) is 3. The van der Waals surface area contributed by atoms with Crippen LogP contribution >= 0.6 is 23.6 Å². The molecule has 17 nitrogen and oxygen atoms in total. The van der Waals surface area contributed by atoms with E-state index in [9.17, 15) is 42.7 Å². The highest BCUT2D eigenvalue weighted by atomic mass is 32.1. The Labute approximate surface area is 449 Å². The monoisotopic (exact) mass is 1090 g/mol. The number of rotatable bonds is 15. The van der Waals surface area contributed by atoms with E-state index < -0.39 is 58.3 Å². The van der Waals surface area contributed by atoms with Gasteiger partial charge in [0.05, 0.1) is 77.0 Å². The van der Waals surface area contributed by atoms with Crippen molar-refractivity contribution in [2.75, 3.05) is 75.4 Å². The van der Waals surface area contributed by atoms with E-state index in [2.05, 4.69) is 20.5 Å². The maximum Gasteiger partial charge on any atom is 0.417 e. The van der Waals surface area contributed by atoms with Crippen molar-refractivity contribution in [3.05, 3.63) is 94.6 Å². The molecule has 5 heterocycles. The predicted molar refractivity (Wildman–Crippen MR) is 283 cm³/mol. The smallest absolute Gasteiger partial charge is 0.417 e. The number of ether oxygens (including phenoxy) is 3. The number of anilines is 2. The largest absolute Gasteiger partial charge is 0.491 e. The second kappa shape index (κ2) is 22.9. The summed E-state index contributed by atoms with van der Waals surface area (Å²) < 4.78 is 59.8. The van der Waals surface area contributed by atoms with Gasteiger partial charge in [-0.25, -0.2) is 4.98 Å². The summed E-state index contributed by atoms with van der Waals surface area (Å²) in [5.41, 5.74) is 1.40. The summed E-state index contributed by atoms with van der Waals surface area (Å²) in [5, 5.41) is 26.0. The molecule has 4 amide bonds. The molecule has 6 atom stereocenters. The second-order valence-corrected chi connectivity index (χ2v) is 22.5. The molecule has 1 unspecified atom stereocenters. The van der Waals surface area contributed by atoms with Crippen molar-refractivity contribution in [1.82, 2.24) is 30.3 Å². The number of carbonyl (C=O) groups is 4. The lowest BCUT2D eigenvalue weighted by Gasteiger charge is -2.39. The van der Waals surface area contributed by atoms with Gasteiger partial charge in [-0.3, -0.25) is 33.9 Å². The van der Waals surface area contributed by atoms with E-state index in [4.69, 9.17) is 26.4 Å². The van der Waals surface area contributed by atoms with Gasteiger partial charge in [0, 0.05) is 51.4 Å². The van der Waals surface area contributed by atoms with Crippen molar-refractivity contribution in [1.29, 1.82) is 5.26 Å². The van der Waals surface area contributed by atoms with Crippen LogP contribution in [0.3, 0.4) is 0 Å². The van der Waals surface area contributed by atoms with Gasteiger partial charge in [0.2, 0.25) is 17.7 Å². The third-order valence-electron chi connectivity index (χ3n) is 14.2. The number of benzene rings is 3. The molecule has 3 aromatic carbocycles. The quantitative estimate of drug-likeness (QED) is 0.116. The number of likely N-dealkylation sites (tertiary alicyclic amines) is 1. The molecule has 4 fully saturated rings. The first-order chi connectivity index (χ1) is 35.9. The van der Waals surface area contributed by atoms with Gasteiger partial charge >= 0.3 is 6.18 Å². The van der Waals surface area contributed by atoms with Gasteiger partial charge in [0.25, 0.3) is 5.91 Å². The Morgan fingerprint density at radius 2 is 1.62 bits per heavy atom. The third kappa shape index (κ3) is 12.5. The fourth-order valence-electron chi connectivity index (χ4n) is 10.1. The van der Waals surface area contributed by atoms with Gasteiger partial charge in [0.15, 0.2) is 5.11 Å². The maximum atomic E-state index is 14.3. The van der Waals surface area contributed by atoms with Crippen LogP contribution in [0.5, 0.6) is 5.75 Å². The number of nitrogens with zero attached hydrogens (tertiary/aromatic N) is 7. The Hall–Kier alpha value is -6.06. The molecule has 406 valence electrons. The minimum absolute atomic E-state index is 0.0176. The fraction of sp³-hybridized carbons (Fsp3) is 0.500. The SMILES string of the molecule is Cc1ncsc1-c1ccc([C@H](C)NC(=O)C2C[C@@H](O)CN2C(=O)[C@@H](NC(=O)CN2CCO[C@@H](CN3CCO[C@@H](COc4ccc(N5C(=S)N(c6ccc(C#N)c(C(F)(F)F)c6)C(=O)C5(C)C)cc4)C3)C2)C(C)(C)C)cc1. The number of nitriles is 1. The van der Waals surface area contributed by atoms with Crippen molar-refractivity contribution in [3.63, 3.8) is 0 Å². The minimum Gasteiger partial charge on any atom is -0.491 e. The number of amides is 4. The van der Waals surface area contributed by atoms with Gasteiger partial charge in [0.1, 0.15) is 36.1 Å². The normalized spacial score (nSPS) is 22.3. The Balaban J connectivity index is 0.810. The van der Waals surface area contributed by atoms with E-state index in [0.29, 0.717) is 57.4 Å². The fourth-order valence-corrected chi connectivity index (χ4v) is 11.5. The Morgan fingerprint density at radius 3 is 2.26 bits per heavy atom. The zero-order valence-electron chi connectivity index (χ0n) is 43.6. The summed E-state index contributed by atoms with van der Waals surface area (Å²) in [6.07, 6.45) is -6.14. The molecule has 4 saturated heterocycles. The maximum absolute atomic E-state index is 14.3. The van der Waals surface area contributed by atoms with Crippen LogP contribution in [0.4, 0.5) is 24.5 Å². The number of aromatic nitrogens is 1. The highest BCUT2D eigenvalue weighted by molar-refractivity contribution is 7.81. The van der Waals surface area contributed by atoms with Gasteiger partial charge in [-0.15, -0.1) is 11.3 Å².